The van der Waals surface area contributed by atoms with E-state index in [4.69, 9.17) is 0 Å². The number of nitrogens with zero attached hydrogens (tertiary/aromatic N) is 2. The second kappa shape index (κ2) is 7.74. The fourth-order valence-electron chi connectivity index (χ4n) is 2.71. The van der Waals surface area contributed by atoms with Gasteiger partial charge in [0, 0.05) is 5.69 Å². The van der Waals surface area contributed by atoms with Crippen molar-refractivity contribution >= 4 is 23.4 Å². The van der Waals surface area contributed by atoms with Crippen molar-refractivity contribution in [2.75, 3.05) is 11.1 Å². The van der Waals surface area contributed by atoms with Crippen molar-refractivity contribution in [3.05, 3.63) is 71.3 Å². The smallest absolute Gasteiger partial charge is 0.234 e. The first-order valence-electron chi connectivity index (χ1n) is 8.26. The molecule has 26 heavy (non-hydrogen) atoms. The Bertz CT molecular complexity index is 938. The molecule has 1 amide bonds. The normalized spacial score (nSPS) is 10.8. The second-order valence-electron chi connectivity index (χ2n) is 6.04. The standard InChI is InChI=1S/C20H20FN3OS/c1-13-9-10-16(21)11-18(13)22-19(25)12-26-20-14(2)23-24(15(20)3)17-7-5-4-6-8-17/h4-11H,12H2,1-3H3,(H,22,25). The first kappa shape index (κ1) is 18.2. The van der Waals surface area contributed by atoms with E-state index in [1.165, 1.54) is 23.9 Å². The maximum Gasteiger partial charge on any atom is 0.234 e. The third kappa shape index (κ3) is 3.96. The fraction of sp³-hybridized carbons (Fsp3) is 0.200. The molecule has 134 valence electrons. The van der Waals surface area contributed by atoms with Gasteiger partial charge in [0.2, 0.25) is 5.91 Å². The van der Waals surface area contributed by atoms with Gasteiger partial charge in [0.1, 0.15) is 5.82 Å². The van der Waals surface area contributed by atoms with Crippen LogP contribution in [-0.2, 0) is 4.79 Å². The maximum atomic E-state index is 13.4. The molecule has 0 aliphatic carbocycles. The van der Waals surface area contributed by atoms with Crippen molar-refractivity contribution in [2.45, 2.75) is 25.7 Å². The van der Waals surface area contributed by atoms with E-state index in [1.54, 1.807) is 6.07 Å². The zero-order valence-corrected chi connectivity index (χ0v) is 15.7. The molecule has 3 aromatic rings. The van der Waals surface area contributed by atoms with Gasteiger partial charge in [0.15, 0.2) is 0 Å². The van der Waals surface area contributed by atoms with Crippen LogP contribution >= 0.6 is 11.8 Å². The molecular formula is C20H20FN3OS. The number of hydrogen-bond donors (Lipinski definition) is 1. The Labute approximate surface area is 156 Å². The minimum atomic E-state index is -0.366. The van der Waals surface area contributed by atoms with Gasteiger partial charge in [-0.15, -0.1) is 11.8 Å². The minimum Gasteiger partial charge on any atom is -0.325 e. The number of amides is 1. The van der Waals surface area contributed by atoms with Gasteiger partial charge >= 0.3 is 0 Å². The lowest BCUT2D eigenvalue weighted by Gasteiger charge is -2.09. The summed E-state index contributed by atoms with van der Waals surface area (Å²) in [4.78, 5) is 13.3. The zero-order chi connectivity index (χ0) is 18.7. The molecule has 0 fully saturated rings. The number of hydrogen-bond acceptors (Lipinski definition) is 3. The highest BCUT2D eigenvalue weighted by atomic mass is 32.2. The quantitative estimate of drug-likeness (QED) is 0.665. The van der Waals surface area contributed by atoms with E-state index in [-0.39, 0.29) is 17.5 Å². The average Bonchev–Trinajstić information content (AvgIpc) is 2.91. The Morgan fingerprint density at radius 2 is 1.88 bits per heavy atom. The molecule has 0 radical (unpaired) electrons. The van der Waals surface area contributed by atoms with Crippen molar-refractivity contribution in [2.24, 2.45) is 0 Å². The van der Waals surface area contributed by atoms with Gasteiger partial charge in [-0.1, -0.05) is 24.3 Å². The molecule has 0 saturated heterocycles. The van der Waals surface area contributed by atoms with Gasteiger partial charge in [0.05, 0.1) is 27.7 Å². The molecule has 1 N–H and O–H groups in total. The summed E-state index contributed by atoms with van der Waals surface area (Å²) in [5.74, 6) is -0.303. The highest BCUT2D eigenvalue weighted by Crippen LogP contribution is 2.28. The summed E-state index contributed by atoms with van der Waals surface area (Å²) in [6.45, 7) is 5.76. The molecule has 0 saturated carbocycles. The summed E-state index contributed by atoms with van der Waals surface area (Å²) in [5.41, 5.74) is 4.19. The number of halogens is 1. The van der Waals surface area contributed by atoms with Crippen LogP contribution in [0.15, 0.2) is 53.4 Å². The van der Waals surface area contributed by atoms with Crippen LogP contribution in [0.3, 0.4) is 0 Å². The van der Waals surface area contributed by atoms with Crippen molar-refractivity contribution in [1.82, 2.24) is 9.78 Å². The highest BCUT2D eigenvalue weighted by molar-refractivity contribution is 8.00. The lowest BCUT2D eigenvalue weighted by molar-refractivity contribution is -0.113. The molecule has 3 rings (SSSR count). The van der Waals surface area contributed by atoms with Crippen LogP contribution in [0.5, 0.6) is 0 Å². The van der Waals surface area contributed by atoms with Gasteiger partial charge < -0.3 is 5.32 Å². The number of nitrogens with one attached hydrogen (secondary N) is 1. The molecule has 2 aromatic carbocycles. The third-order valence-corrected chi connectivity index (χ3v) is 5.33. The van der Waals surface area contributed by atoms with Crippen LogP contribution in [0.4, 0.5) is 10.1 Å². The van der Waals surface area contributed by atoms with Crippen LogP contribution in [0, 0.1) is 26.6 Å². The second-order valence-corrected chi connectivity index (χ2v) is 7.03. The molecule has 0 atom stereocenters. The van der Waals surface area contributed by atoms with Crippen LogP contribution < -0.4 is 5.32 Å². The van der Waals surface area contributed by atoms with E-state index >= 15 is 0 Å². The SMILES string of the molecule is Cc1ccc(F)cc1NC(=O)CSc1c(C)nn(-c2ccccc2)c1C. The molecule has 1 aromatic heterocycles. The first-order valence-corrected chi connectivity index (χ1v) is 9.24. The van der Waals surface area contributed by atoms with Crippen LogP contribution in [0.25, 0.3) is 5.69 Å². The molecule has 4 nitrogen and oxygen atoms in total. The number of carbonyl (C=O) groups is 1. The van der Waals surface area contributed by atoms with Gasteiger partial charge in [0.25, 0.3) is 0 Å². The van der Waals surface area contributed by atoms with E-state index in [9.17, 15) is 9.18 Å². The Hall–Kier alpha value is -2.60. The highest BCUT2D eigenvalue weighted by Gasteiger charge is 2.15. The monoisotopic (exact) mass is 369 g/mol. The van der Waals surface area contributed by atoms with Crippen molar-refractivity contribution < 1.29 is 9.18 Å². The van der Waals surface area contributed by atoms with E-state index < -0.39 is 0 Å². The van der Waals surface area contributed by atoms with Crippen molar-refractivity contribution in [3.63, 3.8) is 0 Å². The van der Waals surface area contributed by atoms with E-state index in [1.807, 2.05) is 55.8 Å². The molecule has 0 bridgehead atoms. The van der Waals surface area contributed by atoms with E-state index in [0.717, 1.165) is 27.5 Å². The summed E-state index contributed by atoms with van der Waals surface area (Å²) in [7, 11) is 0. The molecule has 1 heterocycles. The van der Waals surface area contributed by atoms with Crippen LogP contribution in [0.1, 0.15) is 17.0 Å². The number of rotatable bonds is 5. The molecule has 0 aliphatic rings. The zero-order valence-electron chi connectivity index (χ0n) is 14.9. The predicted molar refractivity (Wildman–Crippen MR) is 104 cm³/mol. The molecule has 0 spiro atoms. The number of anilines is 1. The maximum absolute atomic E-state index is 13.4. The van der Waals surface area contributed by atoms with Gasteiger partial charge in [-0.25, -0.2) is 9.07 Å². The van der Waals surface area contributed by atoms with Gasteiger partial charge in [-0.3, -0.25) is 4.79 Å². The summed E-state index contributed by atoms with van der Waals surface area (Å²) >= 11 is 1.44. The number of para-hydroxylation sites is 1. The summed E-state index contributed by atoms with van der Waals surface area (Å²) in [5, 5.41) is 7.35. The number of carbonyl (C=O) groups excluding carboxylic acids is 1. The molecule has 0 unspecified atom stereocenters. The Morgan fingerprint density at radius 3 is 2.62 bits per heavy atom. The summed E-state index contributed by atoms with van der Waals surface area (Å²) in [6.07, 6.45) is 0. The number of benzene rings is 2. The Kier molecular flexibility index (Phi) is 5.42. The lowest BCUT2D eigenvalue weighted by atomic mass is 10.2. The largest absolute Gasteiger partial charge is 0.325 e. The summed E-state index contributed by atoms with van der Waals surface area (Å²) < 4.78 is 15.2. The van der Waals surface area contributed by atoms with Crippen molar-refractivity contribution in [1.29, 1.82) is 0 Å². The molecule has 6 heteroatoms. The topological polar surface area (TPSA) is 46.9 Å². The number of aromatic nitrogens is 2. The van der Waals surface area contributed by atoms with E-state index in [2.05, 4.69) is 10.4 Å². The van der Waals surface area contributed by atoms with Crippen LogP contribution in [-0.4, -0.2) is 21.4 Å². The molecular weight excluding hydrogens is 349 g/mol. The summed E-state index contributed by atoms with van der Waals surface area (Å²) in [6, 6.07) is 14.2. The lowest BCUT2D eigenvalue weighted by Crippen LogP contribution is -2.15. The number of aryl methyl sites for hydroxylation is 2. The Morgan fingerprint density at radius 1 is 1.15 bits per heavy atom. The Balaban J connectivity index is 1.71. The average molecular weight is 369 g/mol. The van der Waals surface area contributed by atoms with Gasteiger partial charge in [-0.2, -0.15) is 5.10 Å². The predicted octanol–water partition coefficient (Wildman–Crippen LogP) is 4.67. The van der Waals surface area contributed by atoms with Crippen molar-refractivity contribution in [3.8, 4) is 5.69 Å². The first-order chi connectivity index (χ1) is 12.5. The minimum absolute atomic E-state index is 0.171. The molecule has 0 aliphatic heterocycles. The van der Waals surface area contributed by atoms with Gasteiger partial charge in [-0.05, 0) is 50.6 Å². The van der Waals surface area contributed by atoms with Crippen LogP contribution in [0.2, 0.25) is 0 Å². The van der Waals surface area contributed by atoms with E-state index in [0.29, 0.717) is 5.69 Å². The third-order valence-electron chi connectivity index (χ3n) is 4.05. The number of thioether (sulfide) groups is 1. The fourth-order valence-corrected chi connectivity index (χ4v) is 3.60.